The van der Waals surface area contributed by atoms with Crippen LogP contribution >= 0.6 is 15.9 Å². The van der Waals surface area contributed by atoms with Crippen LogP contribution in [0.2, 0.25) is 0 Å². The molecule has 1 aromatic carbocycles. The number of halogens is 1. The van der Waals surface area contributed by atoms with Crippen LogP contribution in [0.15, 0.2) is 28.7 Å². The van der Waals surface area contributed by atoms with Gasteiger partial charge in [0.15, 0.2) is 0 Å². The number of carboxylic acids is 1. The lowest BCUT2D eigenvalue weighted by molar-refractivity contribution is -0.151. The van der Waals surface area contributed by atoms with Gasteiger partial charge in [0.1, 0.15) is 6.04 Å². The monoisotopic (exact) mass is 325 g/mol. The van der Waals surface area contributed by atoms with Crippen molar-refractivity contribution in [1.29, 1.82) is 0 Å². The minimum absolute atomic E-state index is 0.106. The number of carboxylic acid groups (broad SMARTS) is 1. The summed E-state index contributed by atoms with van der Waals surface area (Å²) in [6, 6.07) is 6.88. The van der Waals surface area contributed by atoms with E-state index in [0.717, 1.165) is 22.9 Å². The highest BCUT2D eigenvalue weighted by molar-refractivity contribution is 9.10. The van der Waals surface area contributed by atoms with Crippen molar-refractivity contribution in [2.24, 2.45) is 0 Å². The van der Waals surface area contributed by atoms with Gasteiger partial charge in [0.2, 0.25) is 5.91 Å². The van der Waals surface area contributed by atoms with Crippen molar-refractivity contribution in [3.8, 4) is 0 Å². The fourth-order valence-electron chi connectivity index (χ4n) is 2.41. The third kappa shape index (κ3) is 3.56. The van der Waals surface area contributed by atoms with Gasteiger partial charge in [0.25, 0.3) is 0 Å². The summed E-state index contributed by atoms with van der Waals surface area (Å²) >= 11 is 3.36. The summed E-state index contributed by atoms with van der Waals surface area (Å²) in [5, 5.41) is 9.17. The Labute approximate surface area is 120 Å². The molecule has 0 saturated carbocycles. The van der Waals surface area contributed by atoms with Crippen LogP contribution in [0.5, 0.6) is 0 Å². The predicted octanol–water partition coefficient (Wildman–Crippen LogP) is 2.46. The zero-order valence-corrected chi connectivity index (χ0v) is 12.1. The topological polar surface area (TPSA) is 57.6 Å². The molecule has 1 aliphatic rings. The zero-order chi connectivity index (χ0) is 13.8. The van der Waals surface area contributed by atoms with E-state index in [1.807, 2.05) is 24.3 Å². The average Bonchev–Trinajstić information content (AvgIpc) is 2.38. The number of hydrogen-bond donors (Lipinski definition) is 1. The molecule has 4 nitrogen and oxygen atoms in total. The molecule has 1 N–H and O–H groups in total. The average molecular weight is 326 g/mol. The number of piperidine rings is 1. The van der Waals surface area contributed by atoms with E-state index in [4.69, 9.17) is 5.11 Å². The number of hydrogen-bond acceptors (Lipinski definition) is 2. The normalized spacial score (nSPS) is 19.2. The van der Waals surface area contributed by atoms with Gasteiger partial charge in [0, 0.05) is 11.0 Å². The second-order valence-corrected chi connectivity index (χ2v) is 5.66. The Bertz CT molecular complexity index is 489. The fourth-order valence-corrected chi connectivity index (χ4v) is 2.86. The van der Waals surface area contributed by atoms with Crippen LogP contribution in [-0.4, -0.2) is 34.5 Å². The molecular formula is C14H16BrNO3. The minimum atomic E-state index is -0.901. The molecule has 102 valence electrons. The van der Waals surface area contributed by atoms with Gasteiger partial charge in [-0.3, -0.25) is 4.79 Å². The molecular weight excluding hydrogens is 310 g/mol. The van der Waals surface area contributed by atoms with E-state index < -0.39 is 12.0 Å². The van der Waals surface area contributed by atoms with Crippen molar-refractivity contribution in [3.63, 3.8) is 0 Å². The van der Waals surface area contributed by atoms with Crippen LogP contribution in [-0.2, 0) is 16.0 Å². The molecule has 2 rings (SSSR count). The van der Waals surface area contributed by atoms with Gasteiger partial charge in [-0.2, -0.15) is 0 Å². The molecule has 1 atom stereocenters. The summed E-state index contributed by atoms with van der Waals surface area (Å²) in [5.41, 5.74) is 0.897. The summed E-state index contributed by atoms with van der Waals surface area (Å²) in [4.78, 5) is 24.9. The first-order chi connectivity index (χ1) is 9.08. The third-order valence-electron chi connectivity index (χ3n) is 3.35. The second-order valence-electron chi connectivity index (χ2n) is 4.74. The number of benzene rings is 1. The molecule has 5 heteroatoms. The summed E-state index contributed by atoms with van der Waals surface area (Å²) in [6.45, 7) is 0.545. The number of aliphatic carboxylic acids is 1. The van der Waals surface area contributed by atoms with Gasteiger partial charge in [-0.15, -0.1) is 0 Å². The van der Waals surface area contributed by atoms with Crippen LogP contribution in [0.4, 0.5) is 0 Å². The molecule has 0 aliphatic carbocycles. The lowest BCUT2D eigenvalue weighted by atomic mass is 10.0. The molecule has 1 aliphatic heterocycles. The molecule has 0 unspecified atom stereocenters. The molecule has 1 heterocycles. The van der Waals surface area contributed by atoms with Gasteiger partial charge in [-0.25, -0.2) is 4.79 Å². The number of amides is 1. The maximum atomic E-state index is 12.2. The molecule has 1 aromatic rings. The van der Waals surface area contributed by atoms with Crippen LogP contribution < -0.4 is 0 Å². The molecule has 0 aromatic heterocycles. The summed E-state index contributed by atoms with van der Waals surface area (Å²) in [7, 11) is 0. The van der Waals surface area contributed by atoms with Gasteiger partial charge in [-0.05, 0) is 37.0 Å². The third-order valence-corrected chi connectivity index (χ3v) is 3.85. The van der Waals surface area contributed by atoms with Crippen molar-refractivity contribution >= 4 is 27.8 Å². The predicted molar refractivity (Wildman–Crippen MR) is 74.8 cm³/mol. The lowest BCUT2D eigenvalue weighted by Crippen LogP contribution is -2.48. The summed E-state index contributed by atoms with van der Waals surface area (Å²) < 4.78 is 0.922. The van der Waals surface area contributed by atoms with E-state index in [-0.39, 0.29) is 12.3 Å². The van der Waals surface area contributed by atoms with E-state index in [1.54, 1.807) is 0 Å². The Morgan fingerprint density at radius 1 is 1.37 bits per heavy atom. The van der Waals surface area contributed by atoms with Crippen molar-refractivity contribution in [2.45, 2.75) is 31.7 Å². The van der Waals surface area contributed by atoms with Crippen LogP contribution in [0.3, 0.4) is 0 Å². The van der Waals surface area contributed by atoms with Crippen molar-refractivity contribution in [2.75, 3.05) is 6.54 Å². The van der Waals surface area contributed by atoms with Gasteiger partial charge < -0.3 is 10.0 Å². The van der Waals surface area contributed by atoms with E-state index in [2.05, 4.69) is 15.9 Å². The Morgan fingerprint density at radius 3 is 2.84 bits per heavy atom. The molecule has 1 saturated heterocycles. The first-order valence-electron chi connectivity index (χ1n) is 6.34. The van der Waals surface area contributed by atoms with E-state index in [0.29, 0.717) is 13.0 Å². The van der Waals surface area contributed by atoms with E-state index >= 15 is 0 Å². The minimum Gasteiger partial charge on any atom is -0.480 e. The smallest absolute Gasteiger partial charge is 0.326 e. The van der Waals surface area contributed by atoms with Crippen LogP contribution in [0.1, 0.15) is 24.8 Å². The van der Waals surface area contributed by atoms with Crippen molar-refractivity contribution in [1.82, 2.24) is 4.90 Å². The lowest BCUT2D eigenvalue weighted by Gasteiger charge is -2.33. The highest BCUT2D eigenvalue weighted by atomic mass is 79.9. The van der Waals surface area contributed by atoms with Gasteiger partial charge >= 0.3 is 5.97 Å². The number of likely N-dealkylation sites (tertiary alicyclic amines) is 1. The van der Waals surface area contributed by atoms with Crippen LogP contribution in [0.25, 0.3) is 0 Å². The Hall–Kier alpha value is -1.36. The Balaban J connectivity index is 2.07. The number of nitrogens with zero attached hydrogens (tertiary/aromatic N) is 1. The SMILES string of the molecule is O=C(O)[C@H]1CCCCN1C(=O)Cc1cccc(Br)c1. The number of rotatable bonds is 3. The first kappa shape index (κ1) is 14.1. The number of carbonyl (C=O) groups is 2. The molecule has 0 radical (unpaired) electrons. The summed E-state index contributed by atoms with van der Waals surface area (Å²) in [6.07, 6.45) is 2.56. The largest absolute Gasteiger partial charge is 0.480 e. The zero-order valence-electron chi connectivity index (χ0n) is 10.5. The summed E-state index contributed by atoms with van der Waals surface area (Å²) in [5.74, 6) is -1.01. The highest BCUT2D eigenvalue weighted by Crippen LogP contribution is 2.19. The fraction of sp³-hybridized carbons (Fsp3) is 0.429. The molecule has 1 amide bonds. The highest BCUT2D eigenvalue weighted by Gasteiger charge is 2.31. The van der Waals surface area contributed by atoms with Crippen molar-refractivity contribution < 1.29 is 14.7 Å². The maximum absolute atomic E-state index is 12.2. The van der Waals surface area contributed by atoms with Gasteiger partial charge in [-0.1, -0.05) is 28.1 Å². The number of carbonyl (C=O) groups excluding carboxylic acids is 1. The van der Waals surface area contributed by atoms with Crippen LogP contribution in [0, 0.1) is 0 Å². The maximum Gasteiger partial charge on any atom is 0.326 e. The molecule has 1 fully saturated rings. The van der Waals surface area contributed by atoms with E-state index in [9.17, 15) is 9.59 Å². The molecule has 0 bridgehead atoms. The molecule has 0 spiro atoms. The van der Waals surface area contributed by atoms with Crippen molar-refractivity contribution in [3.05, 3.63) is 34.3 Å². The van der Waals surface area contributed by atoms with Gasteiger partial charge in [0.05, 0.1) is 6.42 Å². The first-order valence-corrected chi connectivity index (χ1v) is 7.14. The standard InChI is InChI=1S/C14H16BrNO3/c15-11-5-3-4-10(8-11)9-13(17)16-7-2-1-6-12(16)14(18)19/h3-5,8,12H,1-2,6-7,9H2,(H,18,19)/t12-/m1/s1. The molecule has 19 heavy (non-hydrogen) atoms. The quantitative estimate of drug-likeness (QED) is 0.928. The Morgan fingerprint density at radius 2 is 2.16 bits per heavy atom. The second kappa shape index (κ2) is 6.19. The Kier molecular flexibility index (Phi) is 4.58. The van der Waals surface area contributed by atoms with E-state index in [1.165, 1.54) is 4.90 Å².